The van der Waals surface area contributed by atoms with Crippen LogP contribution in [0.1, 0.15) is 37.9 Å². The van der Waals surface area contributed by atoms with Gasteiger partial charge in [-0.25, -0.2) is 13.2 Å². The highest BCUT2D eigenvalue weighted by Gasteiger charge is 2.28. The second-order valence-corrected chi connectivity index (χ2v) is 12.0. The fourth-order valence-corrected chi connectivity index (χ4v) is 5.66. The average Bonchev–Trinajstić information content (AvgIpc) is 3.18. The molecule has 0 aliphatic heterocycles. The first-order valence-corrected chi connectivity index (χ1v) is 13.7. The minimum atomic E-state index is -3.99. The van der Waals surface area contributed by atoms with E-state index in [-0.39, 0.29) is 16.1 Å². The minimum absolute atomic E-state index is 0.00875. The van der Waals surface area contributed by atoms with Gasteiger partial charge in [0.05, 0.1) is 35.5 Å². The normalized spacial score (nSPS) is 12.8. The van der Waals surface area contributed by atoms with Crippen LogP contribution >= 0.6 is 11.6 Å². The predicted molar refractivity (Wildman–Crippen MR) is 147 cm³/mol. The SMILES string of the molecule is COc1cccc2c1c(NS(=O)(=O)c1cccc(Cl)c1)nn2Cc1cccc(C(NC(=O)O)C(C)(C)C)c1. The number of halogens is 1. The summed E-state index contributed by atoms with van der Waals surface area (Å²) < 4.78 is 36.1. The topological polar surface area (TPSA) is 123 Å². The molecule has 0 bridgehead atoms. The summed E-state index contributed by atoms with van der Waals surface area (Å²) in [5.74, 6) is 0.582. The third-order valence-electron chi connectivity index (χ3n) is 6.05. The summed E-state index contributed by atoms with van der Waals surface area (Å²) in [6.45, 7) is 6.20. The molecule has 11 heteroatoms. The van der Waals surface area contributed by atoms with E-state index in [2.05, 4.69) is 15.1 Å². The third kappa shape index (κ3) is 5.87. The molecular weight excluding hydrogens is 528 g/mol. The van der Waals surface area contributed by atoms with Gasteiger partial charge in [0.2, 0.25) is 0 Å². The first kappa shape index (κ1) is 27.3. The molecule has 1 heterocycles. The van der Waals surface area contributed by atoms with Gasteiger partial charge in [-0.2, -0.15) is 5.10 Å². The highest BCUT2D eigenvalue weighted by Crippen LogP contribution is 2.35. The molecule has 200 valence electrons. The number of carboxylic acid groups (broad SMARTS) is 1. The van der Waals surface area contributed by atoms with Gasteiger partial charge in [0.1, 0.15) is 5.75 Å². The molecule has 4 rings (SSSR count). The zero-order valence-electron chi connectivity index (χ0n) is 21.4. The second-order valence-electron chi connectivity index (χ2n) is 9.92. The van der Waals surface area contributed by atoms with E-state index in [0.717, 1.165) is 11.1 Å². The Morgan fingerprint density at radius 1 is 1.11 bits per heavy atom. The number of benzene rings is 3. The Balaban J connectivity index is 1.75. The van der Waals surface area contributed by atoms with Crippen molar-refractivity contribution in [3.05, 3.63) is 82.9 Å². The van der Waals surface area contributed by atoms with Crippen molar-refractivity contribution in [2.75, 3.05) is 11.8 Å². The molecule has 0 spiro atoms. The van der Waals surface area contributed by atoms with E-state index in [9.17, 15) is 18.3 Å². The van der Waals surface area contributed by atoms with Crippen molar-refractivity contribution in [2.24, 2.45) is 5.41 Å². The largest absolute Gasteiger partial charge is 0.496 e. The van der Waals surface area contributed by atoms with Crippen LogP contribution in [0.2, 0.25) is 5.02 Å². The number of ether oxygens (including phenoxy) is 1. The Hall–Kier alpha value is -3.76. The fourth-order valence-electron chi connectivity index (χ4n) is 4.35. The lowest BCUT2D eigenvalue weighted by molar-refractivity contribution is 0.175. The van der Waals surface area contributed by atoms with Crippen molar-refractivity contribution in [3.63, 3.8) is 0 Å². The van der Waals surface area contributed by atoms with Gasteiger partial charge in [-0.1, -0.05) is 68.8 Å². The second kappa shape index (κ2) is 10.5. The maximum Gasteiger partial charge on any atom is 0.405 e. The van der Waals surface area contributed by atoms with Crippen molar-refractivity contribution in [1.29, 1.82) is 0 Å². The van der Waals surface area contributed by atoms with Gasteiger partial charge in [0.15, 0.2) is 5.82 Å². The molecule has 0 aliphatic rings. The zero-order valence-corrected chi connectivity index (χ0v) is 23.0. The Kier molecular flexibility index (Phi) is 7.57. The van der Waals surface area contributed by atoms with Gasteiger partial charge < -0.3 is 15.2 Å². The number of anilines is 1. The Bertz CT molecular complexity index is 1590. The van der Waals surface area contributed by atoms with E-state index in [1.165, 1.54) is 19.2 Å². The summed E-state index contributed by atoms with van der Waals surface area (Å²) in [7, 11) is -2.48. The molecule has 38 heavy (non-hydrogen) atoms. The number of nitrogens with zero attached hydrogens (tertiary/aromatic N) is 2. The van der Waals surface area contributed by atoms with Crippen LogP contribution in [0.25, 0.3) is 10.9 Å². The molecule has 1 aromatic heterocycles. The molecule has 9 nitrogen and oxygen atoms in total. The van der Waals surface area contributed by atoms with E-state index in [1.54, 1.807) is 28.9 Å². The standard InChI is InChI=1S/C27H29ClN4O5S/c1-27(2,3)24(29-26(33)34)18-9-5-8-17(14-18)16-32-21-12-7-13-22(37-4)23(21)25(30-32)31-38(35,36)20-11-6-10-19(28)15-20/h5-15,24,29H,16H2,1-4H3,(H,30,31)(H,33,34). The maximum absolute atomic E-state index is 13.2. The molecule has 0 saturated heterocycles. The summed E-state index contributed by atoms with van der Waals surface area (Å²) in [5, 5.41) is 17.4. The van der Waals surface area contributed by atoms with E-state index < -0.39 is 22.2 Å². The molecule has 3 aromatic carbocycles. The van der Waals surface area contributed by atoms with Gasteiger partial charge in [-0.05, 0) is 46.9 Å². The number of hydrogen-bond acceptors (Lipinski definition) is 5. The van der Waals surface area contributed by atoms with E-state index in [0.29, 0.717) is 28.2 Å². The number of carbonyl (C=O) groups is 1. The van der Waals surface area contributed by atoms with Crippen LogP contribution in [0, 0.1) is 5.41 Å². The van der Waals surface area contributed by atoms with Crippen molar-refractivity contribution in [3.8, 4) is 5.75 Å². The van der Waals surface area contributed by atoms with Crippen LogP contribution in [0.5, 0.6) is 5.75 Å². The molecule has 4 aromatic rings. The first-order valence-electron chi connectivity index (χ1n) is 11.8. The minimum Gasteiger partial charge on any atom is -0.496 e. The monoisotopic (exact) mass is 556 g/mol. The highest BCUT2D eigenvalue weighted by atomic mass is 35.5. The zero-order chi connectivity index (χ0) is 27.7. The van der Waals surface area contributed by atoms with Gasteiger partial charge in [0.25, 0.3) is 10.0 Å². The Labute approximate surface area is 226 Å². The third-order valence-corrected chi connectivity index (χ3v) is 7.62. The lowest BCUT2D eigenvalue weighted by Crippen LogP contribution is -2.35. The molecule has 0 radical (unpaired) electrons. The van der Waals surface area contributed by atoms with E-state index in [1.807, 2.05) is 51.1 Å². The average molecular weight is 557 g/mol. The number of aromatic nitrogens is 2. The summed E-state index contributed by atoms with van der Waals surface area (Å²) in [5.41, 5.74) is 1.97. The molecular formula is C27H29ClN4O5S. The number of nitrogens with one attached hydrogen (secondary N) is 2. The Morgan fingerprint density at radius 2 is 1.82 bits per heavy atom. The molecule has 1 amide bonds. The first-order chi connectivity index (χ1) is 17.9. The van der Waals surface area contributed by atoms with Crippen molar-refractivity contribution >= 4 is 44.4 Å². The van der Waals surface area contributed by atoms with Crippen LogP contribution in [0.3, 0.4) is 0 Å². The lowest BCUT2D eigenvalue weighted by Gasteiger charge is -2.31. The summed E-state index contributed by atoms with van der Waals surface area (Å²) in [6.07, 6.45) is -1.10. The number of hydrogen-bond donors (Lipinski definition) is 3. The number of methoxy groups -OCH3 is 1. The quantitative estimate of drug-likeness (QED) is 0.248. The predicted octanol–water partition coefficient (Wildman–Crippen LogP) is 5.90. The van der Waals surface area contributed by atoms with E-state index >= 15 is 0 Å². The van der Waals surface area contributed by atoms with E-state index in [4.69, 9.17) is 16.3 Å². The molecule has 3 N–H and O–H groups in total. The number of amides is 1. The molecule has 0 saturated carbocycles. The van der Waals surface area contributed by atoms with Crippen LogP contribution in [0.4, 0.5) is 10.6 Å². The lowest BCUT2D eigenvalue weighted by atomic mass is 9.82. The van der Waals surface area contributed by atoms with Crippen molar-refractivity contribution in [1.82, 2.24) is 15.1 Å². The van der Waals surface area contributed by atoms with Gasteiger partial charge in [-0.15, -0.1) is 0 Å². The van der Waals surface area contributed by atoms with Crippen molar-refractivity contribution < 1.29 is 23.1 Å². The van der Waals surface area contributed by atoms with Crippen molar-refractivity contribution in [2.45, 2.75) is 38.3 Å². The molecule has 0 aliphatic carbocycles. The van der Waals surface area contributed by atoms with Crippen LogP contribution in [-0.4, -0.2) is 36.5 Å². The molecule has 1 unspecified atom stereocenters. The number of sulfonamides is 1. The Morgan fingerprint density at radius 3 is 2.47 bits per heavy atom. The summed E-state index contributed by atoms with van der Waals surface area (Å²) in [4.78, 5) is 11.5. The molecule has 1 atom stereocenters. The van der Waals surface area contributed by atoms with Gasteiger partial charge in [-0.3, -0.25) is 9.40 Å². The summed E-state index contributed by atoms with van der Waals surface area (Å²) >= 11 is 6.01. The number of fused-ring (bicyclic) bond motifs is 1. The maximum atomic E-state index is 13.2. The van der Waals surface area contributed by atoms with Crippen LogP contribution in [0.15, 0.2) is 71.6 Å². The highest BCUT2D eigenvalue weighted by molar-refractivity contribution is 7.92. The smallest absolute Gasteiger partial charge is 0.405 e. The fraction of sp³-hybridized carbons (Fsp3) is 0.259. The summed E-state index contributed by atoms with van der Waals surface area (Å²) in [6, 6.07) is 18.5. The van der Waals surface area contributed by atoms with Crippen LogP contribution in [-0.2, 0) is 16.6 Å². The van der Waals surface area contributed by atoms with Crippen LogP contribution < -0.4 is 14.8 Å². The molecule has 0 fully saturated rings. The van der Waals surface area contributed by atoms with Gasteiger partial charge in [0, 0.05) is 5.02 Å². The van der Waals surface area contributed by atoms with Gasteiger partial charge >= 0.3 is 6.09 Å². The number of rotatable bonds is 8.